The second-order valence-electron chi connectivity index (χ2n) is 7.20. The summed E-state index contributed by atoms with van der Waals surface area (Å²) in [6.07, 6.45) is 2.46. The molecule has 0 unspecified atom stereocenters. The number of carbonyl (C=O) groups excluding carboxylic acids is 1. The minimum atomic E-state index is -0.800. The fourth-order valence-corrected chi connectivity index (χ4v) is 3.59. The van der Waals surface area contributed by atoms with Crippen molar-refractivity contribution in [2.75, 3.05) is 24.2 Å². The number of aliphatic hydroxyl groups excluding tert-OH is 1. The average molecular weight is 441 g/mol. The predicted octanol–water partition coefficient (Wildman–Crippen LogP) is 1.99. The van der Waals surface area contributed by atoms with Gasteiger partial charge in [0.05, 0.1) is 17.3 Å². The van der Waals surface area contributed by atoms with Crippen LogP contribution in [-0.2, 0) is 19.6 Å². The van der Waals surface area contributed by atoms with E-state index in [-0.39, 0.29) is 24.1 Å². The number of benzene rings is 1. The molecule has 31 heavy (non-hydrogen) atoms. The maximum Gasteiger partial charge on any atom is 0.273 e. The van der Waals surface area contributed by atoms with Gasteiger partial charge in [-0.15, -0.1) is 10.2 Å². The summed E-state index contributed by atoms with van der Waals surface area (Å²) in [5.74, 6) is -0.279. The van der Waals surface area contributed by atoms with E-state index in [9.17, 15) is 9.90 Å². The quantitative estimate of drug-likeness (QED) is 0.452. The SMILES string of the molecule is CN1CCc2cc(Nc3nnc(C(N)=O)c(Nc4ncccc4CO)n3)c(Cl)cc2C1. The largest absolute Gasteiger partial charge is 0.392 e. The zero-order valence-electron chi connectivity index (χ0n) is 16.8. The Hall–Kier alpha value is -3.34. The maximum atomic E-state index is 11.8. The number of anilines is 4. The zero-order valence-corrected chi connectivity index (χ0v) is 17.5. The Kier molecular flexibility index (Phi) is 5.94. The number of fused-ring (bicyclic) bond motifs is 1. The highest BCUT2D eigenvalue weighted by atomic mass is 35.5. The number of aliphatic hydroxyl groups is 1. The smallest absolute Gasteiger partial charge is 0.273 e. The second kappa shape index (κ2) is 8.80. The lowest BCUT2D eigenvalue weighted by Crippen LogP contribution is -2.26. The van der Waals surface area contributed by atoms with Crippen molar-refractivity contribution in [3.8, 4) is 0 Å². The summed E-state index contributed by atoms with van der Waals surface area (Å²) < 4.78 is 0. The molecule has 2 aromatic heterocycles. The normalized spacial score (nSPS) is 13.5. The third-order valence-corrected chi connectivity index (χ3v) is 5.27. The number of nitrogens with two attached hydrogens (primary N) is 1. The van der Waals surface area contributed by atoms with Crippen LogP contribution >= 0.6 is 11.6 Å². The molecule has 11 heteroatoms. The Morgan fingerprint density at radius 2 is 2.10 bits per heavy atom. The number of primary amides is 1. The molecule has 1 aliphatic heterocycles. The number of nitrogens with one attached hydrogen (secondary N) is 2. The van der Waals surface area contributed by atoms with Crippen LogP contribution in [0.5, 0.6) is 0 Å². The van der Waals surface area contributed by atoms with E-state index in [0.29, 0.717) is 22.1 Å². The highest BCUT2D eigenvalue weighted by molar-refractivity contribution is 6.33. The molecule has 3 aromatic rings. The van der Waals surface area contributed by atoms with E-state index >= 15 is 0 Å². The molecule has 0 fully saturated rings. The van der Waals surface area contributed by atoms with Crippen LogP contribution in [0.4, 0.5) is 23.3 Å². The van der Waals surface area contributed by atoms with Crippen LogP contribution in [0.1, 0.15) is 27.2 Å². The Labute approximate surface area is 183 Å². The van der Waals surface area contributed by atoms with Crippen molar-refractivity contribution < 1.29 is 9.90 Å². The van der Waals surface area contributed by atoms with E-state index in [1.807, 2.05) is 12.1 Å². The van der Waals surface area contributed by atoms with Crippen LogP contribution in [0.3, 0.4) is 0 Å². The topological polar surface area (TPSA) is 142 Å². The summed E-state index contributed by atoms with van der Waals surface area (Å²) in [7, 11) is 2.07. The molecule has 1 aromatic carbocycles. The third-order valence-electron chi connectivity index (χ3n) is 4.96. The fourth-order valence-electron chi connectivity index (χ4n) is 3.36. The lowest BCUT2D eigenvalue weighted by Gasteiger charge is -2.26. The minimum Gasteiger partial charge on any atom is -0.392 e. The summed E-state index contributed by atoms with van der Waals surface area (Å²) in [5.41, 5.74) is 8.80. The Bertz CT molecular complexity index is 1140. The van der Waals surface area contributed by atoms with Gasteiger partial charge in [0.1, 0.15) is 5.82 Å². The molecular weight excluding hydrogens is 420 g/mol. The maximum absolute atomic E-state index is 11.8. The number of pyridine rings is 1. The van der Waals surface area contributed by atoms with Gasteiger partial charge in [0, 0.05) is 24.8 Å². The van der Waals surface area contributed by atoms with Gasteiger partial charge in [-0.3, -0.25) is 4.79 Å². The summed E-state index contributed by atoms with van der Waals surface area (Å²) in [5, 5.41) is 23.9. The molecule has 0 saturated carbocycles. The molecule has 5 N–H and O–H groups in total. The highest BCUT2D eigenvalue weighted by Gasteiger charge is 2.19. The number of rotatable bonds is 6. The molecule has 1 amide bonds. The van der Waals surface area contributed by atoms with Crippen molar-refractivity contribution in [3.05, 3.63) is 57.9 Å². The van der Waals surface area contributed by atoms with Crippen molar-refractivity contribution in [1.29, 1.82) is 0 Å². The lowest BCUT2D eigenvalue weighted by molar-refractivity contribution is 0.0995. The summed E-state index contributed by atoms with van der Waals surface area (Å²) in [6.45, 7) is 1.56. The first kappa shape index (κ1) is 20.9. The van der Waals surface area contributed by atoms with Crippen LogP contribution in [0.25, 0.3) is 0 Å². The number of halogens is 1. The van der Waals surface area contributed by atoms with E-state index in [1.165, 1.54) is 11.1 Å². The lowest BCUT2D eigenvalue weighted by atomic mass is 9.99. The standard InChI is InChI=1S/C20H21ClN8O2/c1-29-6-4-11-8-15(14(21)7-13(11)9-29)24-20-26-19(16(17(22)31)27-28-20)25-18-12(10-30)3-2-5-23-18/h2-3,5,7-8,30H,4,6,9-10H2,1H3,(H2,22,31)(H2,23,24,25,26,28). The molecule has 4 rings (SSSR count). The predicted molar refractivity (Wildman–Crippen MR) is 117 cm³/mol. The van der Waals surface area contributed by atoms with Crippen molar-refractivity contribution in [3.63, 3.8) is 0 Å². The molecule has 1 aliphatic rings. The fraction of sp³-hybridized carbons (Fsp3) is 0.250. The van der Waals surface area contributed by atoms with Crippen LogP contribution in [0.2, 0.25) is 5.02 Å². The van der Waals surface area contributed by atoms with E-state index in [0.717, 1.165) is 19.5 Å². The Balaban J connectivity index is 1.66. The summed E-state index contributed by atoms with van der Waals surface area (Å²) >= 11 is 6.47. The van der Waals surface area contributed by atoms with Crippen LogP contribution in [-0.4, -0.2) is 49.7 Å². The van der Waals surface area contributed by atoms with Crippen LogP contribution in [0.15, 0.2) is 30.5 Å². The molecular formula is C20H21ClN8O2. The number of hydrogen-bond donors (Lipinski definition) is 4. The summed E-state index contributed by atoms with van der Waals surface area (Å²) in [4.78, 5) is 22.5. The second-order valence-corrected chi connectivity index (χ2v) is 7.61. The van der Waals surface area contributed by atoms with Gasteiger partial charge in [0.25, 0.3) is 5.91 Å². The van der Waals surface area contributed by atoms with Gasteiger partial charge in [0.15, 0.2) is 11.5 Å². The van der Waals surface area contributed by atoms with Gasteiger partial charge in [-0.1, -0.05) is 17.7 Å². The van der Waals surface area contributed by atoms with Crippen LogP contribution < -0.4 is 16.4 Å². The Morgan fingerprint density at radius 1 is 1.26 bits per heavy atom. The number of carbonyl (C=O) groups is 1. The van der Waals surface area contributed by atoms with E-state index in [4.69, 9.17) is 17.3 Å². The van der Waals surface area contributed by atoms with Crippen molar-refractivity contribution in [2.24, 2.45) is 5.73 Å². The molecule has 0 spiro atoms. The van der Waals surface area contributed by atoms with Crippen LogP contribution in [0, 0.1) is 0 Å². The molecule has 0 bridgehead atoms. The molecule has 160 valence electrons. The van der Waals surface area contributed by atoms with Gasteiger partial charge in [-0.05, 0) is 42.8 Å². The van der Waals surface area contributed by atoms with E-state index in [2.05, 4.69) is 42.7 Å². The van der Waals surface area contributed by atoms with E-state index in [1.54, 1.807) is 18.3 Å². The molecule has 0 aliphatic carbocycles. The number of amides is 1. The van der Waals surface area contributed by atoms with Gasteiger partial charge in [-0.25, -0.2) is 4.98 Å². The first-order chi connectivity index (χ1) is 14.9. The first-order valence-corrected chi connectivity index (χ1v) is 9.95. The zero-order chi connectivity index (χ0) is 22.0. The average Bonchev–Trinajstić information content (AvgIpc) is 2.75. The minimum absolute atomic E-state index is 0.0640. The van der Waals surface area contributed by atoms with Crippen molar-refractivity contribution in [2.45, 2.75) is 19.6 Å². The third kappa shape index (κ3) is 4.55. The van der Waals surface area contributed by atoms with E-state index < -0.39 is 5.91 Å². The molecule has 0 atom stereocenters. The number of hydrogen-bond acceptors (Lipinski definition) is 9. The Morgan fingerprint density at radius 3 is 2.87 bits per heavy atom. The molecule has 0 saturated heterocycles. The van der Waals surface area contributed by atoms with Crippen molar-refractivity contribution in [1.82, 2.24) is 25.1 Å². The first-order valence-electron chi connectivity index (χ1n) is 9.57. The van der Waals surface area contributed by atoms with Gasteiger partial charge in [0.2, 0.25) is 5.95 Å². The number of nitrogens with zero attached hydrogens (tertiary/aromatic N) is 5. The van der Waals surface area contributed by atoms with Gasteiger partial charge in [-0.2, -0.15) is 4.98 Å². The molecule has 0 radical (unpaired) electrons. The highest BCUT2D eigenvalue weighted by Crippen LogP contribution is 2.31. The molecule has 3 heterocycles. The van der Waals surface area contributed by atoms with Gasteiger partial charge < -0.3 is 26.4 Å². The van der Waals surface area contributed by atoms with Crippen molar-refractivity contribution >= 4 is 40.8 Å². The monoisotopic (exact) mass is 440 g/mol. The summed E-state index contributed by atoms with van der Waals surface area (Å²) in [6, 6.07) is 7.29. The molecule has 10 nitrogen and oxygen atoms in total. The van der Waals surface area contributed by atoms with Gasteiger partial charge >= 0.3 is 0 Å². The number of likely N-dealkylation sites (N-methyl/N-ethyl adjacent to an activating group) is 1. The number of aromatic nitrogens is 4.